The van der Waals surface area contributed by atoms with Crippen LogP contribution in [-0.2, 0) is 14.3 Å². The van der Waals surface area contributed by atoms with Crippen LogP contribution in [0.1, 0.15) is 31.1 Å². The lowest BCUT2D eigenvalue weighted by atomic mass is 10.0. The Morgan fingerprint density at radius 1 is 1.50 bits per heavy atom. The van der Waals surface area contributed by atoms with Crippen LogP contribution in [-0.4, -0.2) is 30.7 Å². The molecule has 1 fully saturated rings. The number of hydrogen-bond donors (Lipinski definition) is 2. The van der Waals surface area contributed by atoms with Gasteiger partial charge in [0.15, 0.2) is 0 Å². The first-order chi connectivity index (χ1) is 9.61. The summed E-state index contributed by atoms with van der Waals surface area (Å²) in [5.74, 6) is -0.972. The fraction of sp³-hybridized carbons (Fsp3) is 0.571. The summed E-state index contributed by atoms with van der Waals surface area (Å²) in [4.78, 5) is 23.1. The zero-order valence-electron chi connectivity index (χ0n) is 11.4. The topological polar surface area (TPSA) is 88.8 Å². The third kappa shape index (κ3) is 3.39. The Morgan fingerprint density at radius 2 is 2.25 bits per heavy atom. The van der Waals surface area contributed by atoms with Gasteiger partial charge in [0, 0.05) is 13.0 Å². The van der Waals surface area contributed by atoms with Crippen molar-refractivity contribution in [1.29, 1.82) is 0 Å². The summed E-state index contributed by atoms with van der Waals surface area (Å²) >= 11 is 0. The van der Waals surface area contributed by atoms with E-state index in [4.69, 9.17) is 14.3 Å². The molecular weight excluding hydrogens is 262 g/mol. The summed E-state index contributed by atoms with van der Waals surface area (Å²) in [6.45, 7) is 0.314. The summed E-state index contributed by atoms with van der Waals surface area (Å²) in [6, 6.07) is 3.19. The van der Waals surface area contributed by atoms with E-state index in [9.17, 15) is 9.59 Å². The Labute approximate surface area is 117 Å². The molecule has 1 unspecified atom stereocenters. The highest BCUT2D eigenvalue weighted by Crippen LogP contribution is 2.31. The van der Waals surface area contributed by atoms with E-state index in [1.165, 1.54) is 0 Å². The number of hydrogen-bond acceptors (Lipinski definition) is 4. The van der Waals surface area contributed by atoms with Crippen molar-refractivity contribution in [2.24, 2.45) is 11.8 Å². The van der Waals surface area contributed by atoms with Gasteiger partial charge >= 0.3 is 5.97 Å². The zero-order valence-corrected chi connectivity index (χ0v) is 11.4. The van der Waals surface area contributed by atoms with Crippen LogP contribution in [0.3, 0.4) is 0 Å². The van der Waals surface area contributed by atoms with Crippen molar-refractivity contribution < 1.29 is 23.8 Å². The van der Waals surface area contributed by atoms with Crippen LogP contribution in [0, 0.1) is 11.8 Å². The Balaban J connectivity index is 1.94. The first kappa shape index (κ1) is 14.6. The normalized spacial score (nSPS) is 23.4. The highest BCUT2D eigenvalue weighted by atomic mass is 16.5. The summed E-state index contributed by atoms with van der Waals surface area (Å²) in [6.07, 6.45) is 3.11. The second kappa shape index (κ2) is 6.56. The molecule has 2 N–H and O–H groups in total. The number of carbonyl (C=O) groups excluding carboxylic acids is 1. The van der Waals surface area contributed by atoms with Crippen molar-refractivity contribution in [3.05, 3.63) is 24.2 Å². The van der Waals surface area contributed by atoms with E-state index in [0.29, 0.717) is 31.6 Å². The summed E-state index contributed by atoms with van der Waals surface area (Å²) in [5, 5.41) is 11.8. The monoisotopic (exact) mass is 281 g/mol. The van der Waals surface area contributed by atoms with Crippen molar-refractivity contribution in [1.82, 2.24) is 5.32 Å². The van der Waals surface area contributed by atoms with Gasteiger partial charge in [-0.1, -0.05) is 0 Å². The highest BCUT2D eigenvalue weighted by Gasteiger charge is 2.34. The van der Waals surface area contributed by atoms with Crippen LogP contribution in [0.5, 0.6) is 0 Å². The van der Waals surface area contributed by atoms with Crippen LogP contribution in [0.4, 0.5) is 0 Å². The average molecular weight is 281 g/mol. The van der Waals surface area contributed by atoms with Crippen molar-refractivity contribution in [2.75, 3.05) is 13.7 Å². The largest absolute Gasteiger partial charge is 0.481 e. The van der Waals surface area contributed by atoms with E-state index < -0.39 is 11.9 Å². The third-order valence-electron chi connectivity index (χ3n) is 3.69. The number of furan rings is 1. The lowest BCUT2D eigenvalue weighted by molar-refractivity contribution is -0.141. The molecule has 0 saturated heterocycles. The minimum Gasteiger partial charge on any atom is -0.481 e. The maximum absolute atomic E-state index is 12.2. The van der Waals surface area contributed by atoms with Crippen LogP contribution >= 0.6 is 0 Å². The van der Waals surface area contributed by atoms with Gasteiger partial charge in [0.25, 0.3) is 0 Å². The number of ether oxygens (including phenoxy) is 1. The van der Waals surface area contributed by atoms with E-state index in [1.807, 2.05) is 0 Å². The molecule has 1 heterocycles. The molecule has 0 aliphatic heterocycles. The molecular formula is C14H19NO5. The van der Waals surface area contributed by atoms with E-state index in [2.05, 4.69) is 5.32 Å². The highest BCUT2D eigenvalue weighted by molar-refractivity contribution is 5.81. The molecule has 3 atom stereocenters. The minimum absolute atomic E-state index is 0.132. The number of rotatable bonds is 6. The van der Waals surface area contributed by atoms with Crippen molar-refractivity contribution in [3.8, 4) is 0 Å². The van der Waals surface area contributed by atoms with Gasteiger partial charge in [-0.15, -0.1) is 0 Å². The fourth-order valence-corrected chi connectivity index (χ4v) is 2.58. The molecule has 6 heteroatoms. The van der Waals surface area contributed by atoms with Gasteiger partial charge in [-0.2, -0.15) is 0 Å². The molecule has 1 aliphatic rings. The van der Waals surface area contributed by atoms with Crippen LogP contribution in [0.15, 0.2) is 22.8 Å². The van der Waals surface area contributed by atoms with Crippen LogP contribution in [0.25, 0.3) is 0 Å². The van der Waals surface area contributed by atoms with Gasteiger partial charge in [-0.05, 0) is 31.4 Å². The molecule has 1 amide bonds. The number of methoxy groups -OCH3 is 1. The molecule has 1 aromatic rings. The Morgan fingerprint density at radius 3 is 2.80 bits per heavy atom. The minimum atomic E-state index is -0.820. The lowest BCUT2D eigenvalue weighted by Gasteiger charge is -2.18. The molecule has 0 spiro atoms. The molecule has 1 saturated carbocycles. The molecule has 0 aromatic carbocycles. The zero-order chi connectivity index (χ0) is 14.5. The van der Waals surface area contributed by atoms with Gasteiger partial charge in [0.1, 0.15) is 11.8 Å². The van der Waals surface area contributed by atoms with Gasteiger partial charge in [0.05, 0.1) is 18.8 Å². The number of amides is 1. The maximum Gasteiger partial charge on any atom is 0.306 e. The van der Waals surface area contributed by atoms with E-state index in [1.54, 1.807) is 25.5 Å². The Hall–Kier alpha value is -1.82. The van der Waals surface area contributed by atoms with Gasteiger partial charge < -0.3 is 19.6 Å². The quantitative estimate of drug-likeness (QED) is 0.826. The third-order valence-corrected chi connectivity index (χ3v) is 3.69. The Bertz CT molecular complexity index is 456. The first-order valence-corrected chi connectivity index (χ1v) is 6.67. The maximum atomic E-state index is 12.2. The van der Waals surface area contributed by atoms with E-state index >= 15 is 0 Å². The predicted molar refractivity (Wildman–Crippen MR) is 69.9 cm³/mol. The summed E-state index contributed by atoms with van der Waals surface area (Å²) in [5.41, 5.74) is 0. The molecule has 0 radical (unpaired) electrons. The van der Waals surface area contributed by atoms with Gasteiger partial charge in [-0.25, -0.2) is 0 Å². The van der Waals surface area contributed by atoms with Gasteiger partial charge in [0.2, 0.25) is 5.91 Å². The molecule has 110 valence electrons. The van der Waals surface area contributed by atoms with E-state index in [0.717, 1.165) is 0 Å². The van der Waals surface area contributed by atoms with Gasteiger partial charge in [-0.3, -0.25) is 9.59 Å². The summed E-state index contributed by atoms with van der Waals surface area (Å²) in [7, 11) is 1.55. The Kier molecular flexibility index (Phi) is 4.79. The SMILES string of the molecule is COCC(NC(=O)[C@@H]1CC[C@H](C(=O)O)C1)c1ccco1. The number of carbonyl (C=O) groups is 2. The van der Waals surface area contributed by atoms with Crippen molar-refractivity contribution >= 4 is 11.9 Å². The molecule has 2 rings (SSSR count). The lowest BCUT2D eigenvalue weighted by Crippen LogP contribution is -2.35. The molecule has 0 bridgehead atoms. The molecule has 20 heavy (non-hydrogen) atoms. The number of carboxylic acid groups (broad SMARTS) is 1. The average Bonchev–Trinajstić information content (AvgIpc) is 3.09. The number of carboxylic acids is 1. The molecule has 6 nitrogen and oxygen atoms in total. The molecule has 1 aliphatic carbocycles. The fourth-order valence-electron chi connectivity index (χ4n) is 2.58. The van der Waals surface area contributed by atoms with Crippen molar-refractivity contribution in [2.45, 2.75) is 25.3 Å². The van der Waals surface area contributed by atoms with E-state index in [-0.39, 0.29) is 17.9 Å². The number of nitrogens with one attached hydrogen (secondary N) is 1. The standard InChI is InChI=1S/C14H19NO5/c1-19-8-11(12-3-2-6-20-12)15-13(16)9-4-5-10(7-9)14(17)18/h2-3,6,9-11H,4-5,7-8H2,1H3,(H,15,16)(H,17,18)/t9-,10+,11?/m1/s1. The molecule has 1 aromatic heterocycles. The predicted octanol–water partition coefficient (Wildman–Crippen LogP) is 1.58. The van der Waals surface area contributed by atoms with Crippen molar-refractivity contribution in [3.63, 3.8) is 0 Å². The number of aliphatic carboxylic acids is 1. The smallest absolute Gasteiger partial charge is 0.306 e. The first-order valence-electron chi connectivity index (χ1n) is 6.67. The second-order valence-electron chi connectivity index (χ2n) is 5.08. The summed E-state index contributed by atoms with van der Waals surface area (Å²) < 4.78 is 10.4. The van der Waals surface area contributed by atoms with Crippen LogP contribution < -0.4 is 5.32 Å². The second-order valence-corrected chi connectivity index (χ2v) is 5.08. The van der Waals surface area contributed by atoms with Crippen LogP contribution in [0.2, 0.25) is 0 Å².